The SMILES string of the molecule is COc1cccc(C=O)c1OCc1ccc(Cl)s1. The Bertz CT molecular complexity index is 551. The molecule has 0 N–H and O–H groups in total. The molecule has 2 rings (SSSR count). The van der Waals surface area contributed by atoms with Crippen LogP contribution in [0.1, 0.15) is 15.2 Å². The minimum Gasteiger partial charge on any atom is -0.493 e. The van der Waals surface area contributed by atoms with Crippen LogP contribution in [0.15, 0.2) is 30.3 Å². The highest BCUT2D eigenvalue weighted by Crippen LogP contribution is 2.31. The smallest absolute Gasteiger partial charge is 0.172 e. The summed E-state index contributed by atoms with van der Waals surface area (Å²) in [5.74, 6) is 1.00. The lowest BCUT2D eigenvalue weighted by Crippen LogP contribution is -1.99. The number of ether oxygens (including phenoxy) is 2. The Morgan fingerprint density at radius 3 is 2.78 bits per heavy atom. The lowest BCUT2D eigenvalue weighted by Gasteiger charge is -2.11. The number of hydrogen-bond donors (Lipinski definition) is 0. The van der Waals surface area contributed by atoms with Crippen molar-refractivity contribution in [1.29, 1.82) is 0 Å². The first-order valence-corrected chi connectivity index (χ1v) is 6.43. The Morgan fingerprint density at radius 2 is 2.17 bits per heavy atom. The molecule has 0 saturated carbocycles. The number of benzene rings is 1. The van der Waals surface area contributed by atoms with Crippen molar-refractivity contribution in [3.63, 3.8) is 0 Å². The second-order valence-corrected chi connectivity index (χ2v) is 5.29. The number of carbonyl (C=O) groups excluding carboxylic acids is 1. The van der Waals surface area contributed by atoms with E-state index in [1.54, 1.807) is 25.3 Å². The summed E-state index contributed by atoms with van der Waals surface area (Å²) in [6.45, 7) is 0.360. The van der Waals surface area contributed by atoms with Crippen molar-refractivity contribution in [2.75, 3.05) is 7.11 Å². The van der Waals surface area contributed by atoms with Gasteiger partial charge in [0, 0.05) is 4.88 Å². The molecule has 18 heavy (non-hydrogen) atoms. The summed E-state index contributed by atoms with van der Waals surface area (Å²) in [5.41, 5.74) is 0.469. The molecule has 0 aliphatic heterocycles. The topological polar surface area (TPSA) is 35.5 Å². The monoisotopic (exact) mass is 282 g/mol. The molecule has 0 saturated heterocycles. The minimum atomic E-state index is 0.360. The van der Waals surface area contributed by atoms with Gasteiger partial charge in [-0.1, -0.05) is 17.7 Å². The number of halogens is 1. The Hall–Kier alpha value is -1.52. The van der Waals surface area contributed by atoms with Gasteiger partial charge in [0.1, 0.15) is 6.61 Å². The molecule has 0 atom stereocenters. The zero-order valence-corrected chi connectivity index (χ0v) is 11.3. The molecule has 1 heterocycles. The number of carbonyl (C=O) groups is 1. The average Bonchev–Trinajstić information content (AvgIpc) is 2.81. The number of thiophene rings is 1. The third kappa shape index (κ3) is 2.83. The zero-order chi connectivity index (χ0) is 13.0. The largest absolute Gasteiger partial charge is 0.493 e. The van der Waals surface area contributed by atoms with E-state index in [9.17, 15) is 4.79 Å². The van der Waals surface area contributed by atoms with Crippen LogP contribution in [-0.4, -0.2) is 13.4 Å². The number of aldehydes is 1. The van der Waals surface area contributed by atoms with Gasteiger partial charge >= 0.3 is 0 Å². The van der Waals surface area contributed by atoms with E-state index >= 15 is 0 Å². The van der Waals surface area contributed by atoms with E-state index < -0.39 is 0 Å². The minimum absolute atomic E-state index is 0.360. The number of para-hydroxylation sites is 1. The second-order valence-electron chi connectivity index (χ2n) is 3.49. The molecule has 0 spiro atoms. The summed E-state index contributed by atoms with van der Waals surface area (Å²) < 4.78 is 11.5. The van der Waals surface area contributed by atoms with E-state index in [0.717, 1.165) is 11.2 Å². The van der Waals surface area contributed by atoms with Gasteiger partial charge < -0.3 is 9.47 Å². The van der Waals surface area contributed by atoms with Crippen LogP contribution in [0.3, 0.4) is 0 Å². The summed E-state index contributed by atoms with van der Waals surface area (Å²) in [6.07, 6.45) is 0.749. The van der Waals surface area contributed by atoms with Crippen molar-refractivity contribution in [2.24, 2.45) is 0 Å². The number of hydrogen-bond acceptors (Lipinski definition) is 4. The van der Waals surface area contributed by atoms with Crippen molar-refractivity contribution in [3.05, 3.63) is 45.1 Å². The highest BCUT2D eigenvalue weighted by molar-refractivity contribution is 7.16. The van der Waals surface area contributed by atoms with Crippen LogP contribution < -0.4 is 9.47 Å². The number of methoxy groups -OCH3 is 1. The van der Waals surface area contributed by atoms with Crippen LogP contribution in [0, 0.1) is 0 Å². The van der Waals surface area contributed by atoms with Gasteiger partial charge in [-0.3, -0.25) is 4.79 Å². The third-order valence-electron chi connectivity index (χ3n) is 2.34. The second kappa shape index (κ2) is 5.89. The first-order chi connectivity index (χ1) is 8.74. The Labute approximate surface area is 114 Å². The third-order valence-corrected chi connectivity index (χ3v) is 3.55. The highest BCUT2D eigenvalue weighted by Gasteiger charge is 2.10. The summed E-state index contributed by atoms with van der Waals surface area (Å²) >= 11 is 7.29. The van der Waals surface area contributed by atoms with Crippen molar-refractivity contribution >= 4 is 29.2 Å². The van der Waals surface area contributed by atoms with Gasteiger partial charge in [0.25, 0.3) is 0 Å². The van der Waals surface area contributed by atoms with E-state index in [1.807, 2.05) is 12.1 Å². The molecule has 1 aromatic heterocycles. The van der Waals surface area contributed by atoms with Crippen molar-refractivity contribution < 1.29 is 14.3 Å². The van der Waals surface area contributed by atoms with E-state index in [4.69, 9.17) is 21.1 Å². The molecule has 1 aromatic carbocycles. The van der Waals surface area contributed by atoms with Crippen LogP contribution in [0.5, 0.6) is 11.5 Å². The average molecular weight is 283 g/mol. The lowest BCUT2D eigenvalue weighted by molar-refractivity contribution is 0.111. The quantitative estimate of drug-likeness (QED) is 0.783. The van der Waals surface area contributed by atoms with Gasteiger partial charge in [0.2, 0.25) is 0 Å². The van der Waals surface area contributed by atoms with Crippen LogP contribution in [0.4, 0.5) is 0 Å². The maximum atomic E-state index is 11.0. The molecule has 5 heteroatoms. The van der Waals surface area contributed by atoms with Gasteiger partial charge in [0.05, 0.1) is 17.0 Å². The Balaban J connectivity index is 2.19. The van der Waals surface area contributed by atoms with E-state index in [2.05, 4.69) is 0 Å². The van der Waals surface area contributed by atoms with Crippen LogP contribution in [0.25, 0.3) is 0 Å². The summed E-state index contributed by atoms with van der Waals surface area (Å²) in [5, 5.41) is 0. The van der Waals surface area contributed by atoms with Gasteiger partial charge in [-0.15, -0.1) is 11.3 Å². The molecule has 0 fully saturated rings. The molecule has 0 unspecified atom stereocenters. The fourth-order valence-electron chi connectivity index (χ4n) is 1.51. The van der Waals surface area contributed by atoms with E-state index in [-0.39, 0.29) is 0 Å². The molecular weight excluding hydrogens is 272 g/mol. The molecule has 0 radical (unpaired) electrons. The molecule has 3 nitrogen and oxygen atoms in total. The maximum Gasteiger partial charge on any atom is 0.172 e. The molecule has 0 aliphatic rings. The first-order valence-electron chi connectivity index (χ1n) is 5.24. The highest BCUT2D eigenvalue weighted by atomic mass is 35.5. The normalized spacial score (nSPS) is 10.1. The van der Waals surface area contributed by atoms with Gasteiger partial charge in [-0.2, -0.15) is 0 Å². The standard InChI is InChI=1S/C13H11ClO3S/c1-16-11-4-2-3-9(7-15)13(11)17-8-10-5-6-12(14)18-10/h2-7H,8H2,1H3. The van der Waals surface area contributed by atoms with Gasteiger partial charge in [0.15, 0.2) is 17.8 Å². The molecule has 0 aliphatic carbocycles. The van der Waals surface area contributed by atoms with Gasteiger partial charge in [-0.25, -0.2) is 0 Å². The molecule has 0 amide bonds. The van der Waals surface area contributed by atoms with Crippen LogP contribution >= 0.6 is 22.9 Å². The van der Waals surface area contributed by atoms with Crippen LogP contribution in [0.2, 0.25) is 4.34 Å². The molecule has 94 valence electrons. The fourth-order valence-corrected chi connectivity index (χ4v) is 2.51. The van der Waals surface area contributed by atoms with Crippen molar-refractivity contribution in [1.82, 2.24) is 0 Å². The predicted octanol–water partition coefficient (Wildman–Crippen LogP) is 3.80. The molecular formula is C13H11ClO3S. The summed E-state index contributed by atoms with van der Waals surface area (Å²) in [6, 6.07) is 8.89. The van der Waals surface area contributed by atoms with Crippen molar-refractivity contribution in [3.8, 4) is 11.5 Å². The van der Waals surface area contributed by atoms with Crippen LogP contribution in [-0.2, 0) is 6.61 Å². The summed E-state index contributed by atoms with van der Waals surface area (Å²) in [4.78, 5) is 11.9. The maximum absolute atomic E-state index is 11.0. The Kier molecular flexibility index (Phi) is 4.23. The Morgan fingerprint density at radius 1 is 1.33 bits per heavy atom. The zero-order valence-electron chi connectivity index (χ0n) is 9.68. The van der Waals surface area contributed by atoms with E-state index in [0.29, 0.717) is 28.0 Å². The van der Waals surface area contributed by atoms with Gasteiger partial charge in [-0.05, 0) is 24.3 Å². The first kappa shape index (κ1) is 12.9. The predicted molar refractivity (Wildman–Crippen MR) is 72.0 cm³/mol. The summed E-state index contributed by atoms with van der Waals surface area (Å²) in [7, 11) is 1.54. The lowest BCUT2D eigenvalue weighted by atomic mass is 10.2. The fraction of sp³-hybridized carbons (Fsp3) is 0.154. The number of rotatable bonds is 5. The molecule has 2 aromatic rings. The van der Waals surface area contributed by atoms with Crippen molar-refractivity contribution in [2.45, 2.75) is 6.61 Å². The van der Waals surface area contributed by atoms with E-state index in [1.165, 1.54) is 11.3 Å². The molecule has 0 bridgehead atoms.